The number of pyridine rings is 1. The van der Waals surface area contributed by atoms with Crippen LogP contribution in [0.4, 0.5) is 5.82 Å². The van der Waals surface area contributed by atoms with Crippen molar-refractivity contribution in [3.63, 3.8) is 0 Å². The van der Waals surface area contributed by atoms with Crippen LogP contribution in [0.3, 0.4) is 0 Å². The molecule has 1 amide bonds. The van der Waals surface area contributed by atoms with Crippen molar-refractivity contribution < 1.29 is 9.53 Å². The molecule has 0 atom stereocenters. The van der Waals surface area contributed by atoms with Crippen molar-refractivity contribution in [2.45, 2.75) is 31.8 Å². The quantitative estimate of drug-likeness (QED) is 0.768. The van der Waals surface area contributed by atoms with Crippen LogP contribution in [0.25, 0.3) is 22.0 Å². The number of hydrogen-bond acceptors (Lipinski definition) is 5. The fraction of sp³-hybridized carbons (Fsp3) is 0.400. The van der Waals surface area contributed by atoms with E-state index in [-0.39, 0.29) is 17.9 Å². The average Bonchev–Trinajstić information content (AvgIpc) is 3.14. The highest BCUT2D eigenvalue weighted by Gasteiger charge is 2.26. The van der Waals surface area contributed by atoms with Gasteiger partial charge in [-0.25, -0.2) is 4.98 Å². The molecule has 1 saturated carbocycles. The van der Waals surface area contributed by atoms with E-state index in [0.717, 1.165) is 47.7 Å². The number of ether oxygens (including phenoxy) is 1. The number of amides is 1. The van der Waals surface area contributed by atoms with Crippen LogP contribution in [0.15, 0.2) is 36.7 Å². The molecule has 2 heterocycles. The van der Waals surface area contributed by atoms with Crippen LogP contribution in [0, 0.1) is 5.92 Å². The first-order valence-electron chi connectivity index (χ1n) is 9.22. The van der Waals surface area contributed by atoms with Gasteiger partial charge in [-0.05, 0) is 43.2 Å². The van der Waals surface area contributed by atoms with Gasteiger partial charge < -0.3 is 10.1 Å². The smallest absolute Gasteiger partial charge is 0.228 e. The van der Waals surface area contributed by atoms with E-state index in [1.54, 1.807) is 18.0 Å². The van der Waals surface area contributed by atoms with Gasteiger partial charge in [0.1, 0.15) is 11.5 Å². The van der Waals surface area contributed by atoms with Crippen LogP contribution in [0.5, 0.6) is 0 Å². The van der Waals surface area contributed by atoms with E-state index < -0.39 is 0 Å². The van der Waals surface area contributed by atoms with E-state index in [4.69, 9.17) is 4.74 Å². The zero-order valence-electron chi connectivity index (χ0n) is 15.6. The Morgan fingerprint density at radius 1 is 1.19 bits per heavy atom. The first-order valence-corrected chi connectivity index (χ1v) is 9.22. The summed E-state index contributed by atoms with van der Waals surface area (Å²) in [6, 6.07) is 7.96. The van der Waals surface area contributed by atoms with Crippen LogP contribution in [-0.4, -0.2) is 39.1 Å². The summed E-state index contributed by atoms with van der Waals surface area (Å²) in [4.78, 5) is 17.0. The second-order valence-corrected chi connectivity index (χ2v) is 7.11. The first-order chi connectivity index (χ1) is 13.1. The summed E-state index contributed by atoms with van der Waals surface area (Å²) in [5.41, 5.74) is 1.80. The van der Waals surface area contributed by atoms with Gasteiger partial charge in [0.05, 0.1) is 12.3 Å². The third kappa shape index (κ3) is 3.83. The fourth-order valence-corrected chi connectivity index (χ4v) is 3.64. The largest absolute Gasteiger partial charge is 0.381 e. The first kappa shape index (κ1) is 17.6. The zero-order valence-corrected chi connectivity index (χ0v) is 15.6. The van der Waals surface area contributed by atoms with E-state index >= 15 is 0 Å². The summed E-state index contributed by atoms with van der Waals surface area (Å²) in [5.74, 6) is 0.652. The van der Waals surface area contributed by atoms with Gasteiger partial charge in [0, 0.05) is 37.2 Å². The molecule has 27 heavy (non-hydrogen) atoms. The monoisotopic (exact) mass is 365 g/mol. The number of aromatic nitrogens is 4. The van der Waals surface area contributed by atoms with Crippen molar-refractivity contribution >= 4 is 22.5 Å². The highest BCUT2D eigenvalue weighted by Crippen LogP contribution is 2.28. The van der Waals surface area contributed by atoms with Gasteiger partial charge in [0.2, 0.25) is 5.91 Å². The lowest BCUT2D eigenvalue weighted by molar-refractivity contribution is -0.121. The van der Waals surface area contributed by atoms with Crippen LogP contribution in [-0.2, 0) is 16.6 Å². The molecule has 0 aliphatic heterocycles. The maximum Gasteiger partial charge on any atom is 0.228 e. The lowest BCUT2D eigenvalue weighted by Gasteiger charge is -2.26. The molecule has 7 nitrogen and oxygen atoms in total. The zero-order chi connectivity index (χ0) is 18.8. The molecule has 1 aliphatic carbocycles. The number of carbonyl (C=O) groups is 1. The molecule has 140 valence electrons. The molecule has 1 fully saturated rings. The highest BCUT2D eigenvalue weighted by molar-refractivity contribution is 5.95. The average molecular weight is 365 g/mol. The summed E-state index contributed by atoms with van der Waals surface area (Å²) in [7, 11) is 3.58. The Bertz CT molecular complexity index is 960. The minimum Gasteiger partial charge on any atom is -0.381 e. The summed E-state index contributed by atoms with van der Waals surface area (Å²) >= 11 is 0. The molecule has 0 radical (unpaired) electrons. The molecule has 3 aromatic rings. The molecule has 4 rings (SSSR count). The van der Waals surface area contributed by atoms with E-state index in [0.29, 0.717) is 5.82 Å². The molecule has 2 aromatic heterocycles. The molecular formula is C20H23N5O2. The summed E-state index contributed by atoms with van der Waals surface area (Å²) < 4.78 is 7.06. The molecule has 1 aromatic carbocycles. The third-order valence-corrected chi connectivity index (χ3v) is 5.25. The van der Waals surface area contributed by atoms with E-state index in [9.17, 15) is 4.79 Å². The number of nitrogens with one attached hydrogen (secondary N) is 1. The summed E-state index contributed by atoms with van der Waals surface area (Å²) in [6.45, 7) is 0. The molecule has 0 bridgehead atoms. The molecule has 1 aliphatic rings. The third-order valence-electron chi connectivity index (χ3n) is 5.25. The van der Waals surface area contributed by atoms with Crippen LogP contribution in [0.2, 0.25) is 0 Å². The number of benzene rings is 1. The van der Waals surface area contributed by atoms with Gasteiger partial charge in [0.15, 0.2) is 0 Å². The van der Waals surface area contributed by atoms with Gasteiger partial charge in [0.25, 0.3) is 0 Å². The highest BCUT2D eigenvalue weighted by atomic mass is 16.5. The number of methoxy groups -OCH3 is 1. The Kier molecular flexibility index (Phi) is 4.85. The maximum absolute atomic E-state index is 12.6. The Morgan fingerprint density at radius 2 is 2.00 bits per heavy atom. The van der Waals surface area contributed by atoms with E-state index in [1.807, 2.05) is 37.5 Å². The number of anilines is 1. The number of carbonyl (C=O) groups excluding carboxylic acids is 1. The van der Waals surface area contributed by atoms with Crippen molar-refractivity contribution in [2.75, 3.05) is 12.4 Å². The fourth-order valence-electron chi connectivity index (χ4n) is 3.64. The van der Waals surface area contributed by atoms with Crippen molar-refractivity contribution in [2.24, 2.45) is 13.0 Å². The topological polar surface area (TPSA) is 81.9 Å². The van der Waals surface area contributed by atoms with Gasteiger partial charge in [-0.3, -0.25) is 9.48 Å². The number of rotatable bonds is 4. The molecular weight excluding hydrogens is 342 g/mol. The van der Waals surface area contributed by atoms with Crippen LogP contribution in [0.1, 0.15) is 25.7 Å². The Hall–Kier alpha value is -2.80. The second-order valence-electron chi connectivity index (χ2n) is 7.11. The molecule has 0 unspecified atom stereocenters. The van der Waals surface area contributed by atoms with Crippen molar-refractivity contribution in [3.05, 3.63) is 36.7 Å². The number of nitrogens with zero attached hydrogens (tertiary/aromatic N) is 4. The summed E-state index contributed by atoms with van der Waals surface area (Å²) in [5, 5.41) is 13.1. The standard InChI is InChI=1S/C20H23N5O2/c1-25-12-18(23-24-25)14-3-4-15-11-21-19(10-16(15)9-14)22-20(26)13-5-7-17(27-2)8-6-13/h3-4,9-13,17H,5-8H2,1-2H3,(H,21,22,26). The van der Waals surface area contributed by atoms with Crippen molar-refractivity contribution in [3.8, 4) is 11.3 Å². The Balaban J connectivity index is 1.51. The minimum absolute atomic E-state index is 0.0276. The SMILES string of the molecule is COC1CCC(C(=O)Nc2cc3cc(-c4cn(C)nn4)ccc3cn2)CC1. The van der Waals surface area contributed by atoms with E-state index in [1.165, 1.54) is 0 Å². The molecule has 0 saturated heterocycles. The maximum atomic E-state index is 12.6. The van der Waals surface area contributed by atoms with Gasteiger partial charge in [-0.1, -0.05) is 17.3 Å². The Labute approximate surface area is 157 Å². The van der Waals surface area contributed by atoms with Crippen LogP contribution < -0.4 is 5.32 Å². The normalized spacial score (nSPS) is 19.9. The predicted octanol–water partition coefficient (Wildman–Crippen LogP) is 3.17. The molecule has 7 heteroatoms. The molecule has 1 N–H and O–H groups in total. The van der Waals surface area contributed by atoms with Crippen molar-refractivity contribution in [1.29, 1.82) is 0 Å². The number of hydrogen-bond donors (Lipinski definition) is 1. The van der Waals surface area contributed by atoms with Crippen LogP contribution >= 0.6 is 0 Å². The predicted molar refractivity (Wildman–Crippen MR) is 103 cm³/mol. The second kappa shape index (κ2) is 7.44. The summed E-state index contributed by atoms with van der Waals surface area (Å²) in [6.07, 6.45) is 7.52. The van der Waals surface area contributed by atoms with Gasteiger partial charge in [-0.2, -0.15) is 0 Å². The Morgan fingerprint density at radius 3 is 2.70 bits per heavy atom. The van der Waals surface area contributed by atoms with Gasteiger partial charge in [-0.15, -0.1) is 5.10 Å². The minimum atomic E-state index is 0.0276. The lowest BCUT2D eigenvalue weighted by Crippen LogP contribution is -2.29. The molecule has 0 spiro atoms. The van der Waals surface area contributed by atoms with Gasteiger partial charge >= 0.3 is 0 Å². The lowest BCUT2D eigenvalue weighted by atomic mass is 9.87. The van der Waals surface area contributed by atoms with Crippen molar-refractivity contribution in [1.82, 2.24) is 20.0 Å². The number of aryl methyl sites for hydroxylation is 1. The van der Waals surface area contributed by atoms with E-state index in [2.05, 4.69) is 20.6 Å². The number of fused-ring (bicyclic) bond motifs is 1.